The Morgan fingerprint density at radius 2 is 2.05 bits per heavy atom. The highest BCUT2D eigenvalue weighted by molar-refractivity contribution is 7.90. The fourth-order valence-electron chi connectivity index (χ4n) is 1.61. The van der Waals surface area contributed by atoms with E-state index in [1.165, 1.54) is 18.2 Å². The molecule has 102 valence electrons. The lowest BCUT2D eigenvalue weighted by Crippen LogP contribution is -2.08. The molecule has 1 aromatic carbocycles. The Balaban J connectivity index is 2.24. The van der Waals surface area contributed by atoms with E-state index < -0.39 is 21.4 Å². The van der Waals surface area contributed by atoms with Crippen molar-refractivity contribution in [2.45, 2.75) is 30.4 Å². The lowest BCUT2D eigenvalue weighted by atomic mass is 10.3. The third-order valence-corrected chi connectivity index (χ3v) is 4.10. The van der Waals surface area contributed by atoms with Crippen molar-refractivity contribution in [3.63, 3.8) is 0 Å². The van der Waals surface area contributed by atoms with Crippen LogP contribution < -0.4 is 0 Å². The molecule has 0 aliphatic rings. The maximum atomic E-state index is 13.5. The Morgan fingerprint density at radius 3 is 2.74 bits per heavy atom. The first kappa shape index (κ1) is 13.7. The number of benzene rings is 1. The highest BCUT2D eigenvalue weighted by Crippen LogP contribution is 2.18. The zero-order valence-electron chi connectivity index (χ0n) is 10.3. The molecule has 0 saturated heterocycles. The lowest BCUT2D eigenvalue weighted by Gasteiger charge is -2.02. The molecule has 0 N–H and O–H groups in total. The summed E-state index contributed by atoms with van der Waals surface area (Å²) in [7, 11) is -3.81. The van der Waals surface area contributed by atoms with E-state index in [4.69, 9.17) is 4.52 Å². The van der Waals surface area contributed by atoms with E-state index in [1.807, 2.05) is 6.92 Å². The molecule has 0 saturated carbocycles. The number of rotatable bonds is 5. The quantitative estimate of drug-likeness (QED) is 0.841. The molecule has 0 bridgehead atoms. The highest BCUT2D eigenvalue weighted by Gasteiger charge is 2.22. The summed E-state index contributed by atoms with van der Waals surface area (Å²) in [6.45, 7) is 1.94. The second-order valence-corrected chi connectivity index (χ2v) is 6.00. The van der Waals surface area contributed by atoms with Crippen LogP contribution in [-0.2, 0) is 22.0 Å². The van der Waals surface area contributed by atoms with Crippen LogP contribution in [0.25, 0.3) is 0 Å². The van der Waals surface area contributed by atoms with E-state index in [0.717, 1.165) is 12.5 Å². The summed E-state index contributed by atoms with van der Waals surface area (Å²) in [5.74, 6) is -0.811. The minimum absolute atomic E-state index is 0.0479. The summed E-state index contributed by atoms with van der Waals surface area (Å²) in [6.07, 6.45) is 1.41. The minimum Gasteiger partial charge on any atom is -0.339 e. The van der Waals surface area contributed by atoms with E-state index in [2.05, 4.69) is 10.1 Å². The Labute approximate surface area is 110 Å². The molecule has 0 amide bonds. The zero-order valence-corrected chi connectivity index (χ0v) is 11.2. The molecule has 0 aliphatic carbocycles. The van der Waals surface area contributed by atoms with Gasteiger partial charge in [-0.2, -0.15) is 4.98 Å². The standard InChI is InChI=1S/C12H13FN2O3S/c1-2-5-12-14-11(15-18-12)8-19(16,17)10-7-4-3-6-9(10)13/h3-4,6-7H,2,5,8H2,1H3. The maximum absolute atomic E-state index is 13.5. The van der Waals surface area contributed by atoms with Crippen LogP contribution in [0.4, 0.5) is 4.39 Å². The van der Waals surface area contributed by atoms with E-state index in [9.17, 15) is 12.8 Å². The SMILES string of the molecule is CCCc1nc(CS(=O)(=O)c2ccccc2F)no1. The molecule has 0 aliphatic heterocycles. The van der Waals surface area contributed by atoms with Gasteiger partial charge in [0.2, 0.25) is 5.89 Å². The van der Waals surface area contributed by atoms with E-state index in [1.54, 1.807) is 0 Å². The zero-order chi connectivity index (χ0) is 13.9. The number of hydrogen-bond donors (Lipinski definition) is 0. The summed E-state index contributed by atoms with van der Waals surface area (Å²) >= 11 is 0. The van der Waals surface area contributed by atoms with E-state index in [-0.39, 0.29) is 10.7 Å². The van der Waals surface area contributed by atoms with Crippen LogP contribution in [0.3, 0.4) is 0 Å². The minimum atomic E-state index is -3.81. The molecular formula is C12H13FN2O3S. The summed E-state index contributed by atoms with van der Waals surface area (Å²) in [6, 6.07) is 5.22. The van der Waals surface area contributed by atoms with Crippen molar-refractivity contribution in [2.75, 3.05) is 0 Å². The van der Waals surface area contributed by atoms with Gasteiger partial charge in [0.25, 0.3) is 0 Å². The van der Waals surface area contributed by atoms with Crippen LogP contribution >= 0.6 is 0 Å². The van der Waals surface area contributed by atoms with Gasteiger partial charge < -0.3 is 4.52 Å². The normalized spacial score (nSPS) is 11.7. The molecule has 2 aromatic rings. The molecular weight excluding hydrogens is 271 g/mol. The van der Waals surface area contributed by atoms with Gasteiger partial charge in [-0.1, -0.05) is 24.2 Å². The second-order valence-electron chi connectivity index (χ2n) is 4.04. The predicted octanol–water partition coefficient (Wildman–Crippen LogP) is 2.14. The van der Waals surface area contributed by atoms with E-state index in [0.29, 0.717) is 12.3 Å². The predicted molar refractivity (Wildman–Crippen MR) is 65.6 cm³/mol. The number of hydrogen-bond acceptors (Lipinski definition) is 5. The number of nitrogens with zero attached hydrogens (tertiary/aromatic N) is 2. The van der Waals surface area contributed by atoms with Crippen molar-refractivity contribution in [1.29, 1.82) is 0 Å². The molecule has 1 aromatic heterocycles. The van der Waals surface area contributed by atoms with Crippen LogP contribution in [0.1, 0.15) is 25.1 Å². The molecule has 19 heavy (non-hydrogen) atoms. The largest absolute Gasteiger partial charge is 0.339 e. The van der Waals surface area contributed by atoms with Gasteiger partial charge in [-0.05, 0) is 18.6 Å². The third-order valence-electron chi connectivity index (χ3n) is 2.46. The first-order valence-electron chi connectivity index (χ1n) is 5.81. The molecule has 7 heteroatoms. The van der Waals surface area contributed by atoms with Crippen molar-refractivity contribution >= 4 is 9.84 Å². The van der Waals surface area contributed by atoms with Gasteiger partial charge in [-0.3, -0.25) is 0 Å². The number of aryl methyl sites for hydroxylation is 1. The molecule has 0 unspecified atom stereocenters. The average Bonchev–Trinajstić information content (AvgIpc) is 2.76. The summed E-state index contributed by atoms with van der Waals surface area (Å²) in [5.41, 5.74) is 0. The van der Waals surface area contributed by atoms with Crippen molar-refractivity contribution in [3.8, 4) is 0 Å². The smallest absolute Gasteiger partial charge is 0.226 e. The van der Waals surface area contributed by atoms with Crippen molar-refractivity contribution < 1.29 is 17.3 Å². The van der Waals surface area contributed by atoms with Gasteiger partial charge in [0, 0.05) is 6.42 Å². The van der Waals surface area contributed by atoms with Crippen LogP contribution in [0.15, 0.2) is 33.7 Å². The Bertz CT molecular complexity index is 667. The average molecular weight is 284 g/mol. The summed E-state index contributed by atoms with van der Waals surface area (Å²) in [4.78, 5) is 3.61. The fraction of sp³-hybridized carbons (Fsp3) is 0.333. The van der Waals surface area contributed by atoms with Gasteiger partial charge in [0.1, 0.15) is 16.5 Å². The van der Waals surface area contributed by atoms with Gasteiger partial charge in [0.15, 0.2) is 15.7 Å². The molecule has 5 nitrogen and oxygen atoms in total. The van der Waals surface area contributed by atoms with Crippen LogP contribution in [0.2, 0.25) is 0 Å². The number of sulfone groups is 1. The Kier molecular flexibility index (Phi) is 3.94. The summed E-state index contributed by atoms with van der Waals surface area (Å²) < 4.78 is 42.4. The Morgan fingerprint density at radius 1 is 1.32 bits per heavy atom. The topological polar surface area (TPSA) is 73.1 Å². The molecule has 0 atom stereocenters. The molecule has 0 fully saturated rings. The van der Waals surface area contributed by atoms with Crippen molar-refractivity contribution in [3.05, 3.63) is 41.8 Å². The van der Waals surface area contributed by atoms with Crippen molar-refractivity contribution in [1.82, 2.24) is 10.1 Å². The lowest BCUT2D eigenvalue weighted by molar-refractivity contribution is 0.373. The van der Waals surface area contributed by atoms with Gasteiger partial charge in [-0.25, -0.2) is 12.8 Å². The fourth-order valence-corrected chi connectivity index (χ4v) is 2.87. The van der Waals surface area contributed by atoms with Crippen molar-refractivity contribution in [2.24, 2.45) is 0 Å². The molecule has 0 radical (unpaired) electrons. The molecule has 1 heterocycles. The summed E-state index contributed by atoms with van der Waals surface area (Å²) in [5, 5.41) is 3.59. The van der Waals surface area contributed by atoms with Crippen LogP contribution in [0.5, 0.6) is 0 Å². The van der Waals surface area contributed by atoms with Gasteiger partial charge in [0.05, 0.1) is 0 Å². The number of halogens is 1. The van der Waals surface area contributed by atoms with Gasteiger partial charge >= 0.3 is 0 Å². The van der Waals surface area contributed by atoms with Crippen LogP contribution in [0, 0.1) is 5.82 Å². The first-order chi connectivity index (χ1) is 9.03. The first-order valence-corrected chi connectivity index (χ1v) is 7.47. The van der Waals surface area contributed by atoms with Crippen LogP contribution in [-0.4, -0.2) is 18.6 Å². The maximum Gasteiger partial charge on any atom is 0.226 e. The highest BCUT2D eigenvalue weighted by atomic mass is 32.2. The number of aromatic nitrogens is 2. The second kappa shape index (κ2) is 5.48. The molecule has 0 spiro atoms. The van der Waals surface area contributed by atoms with E-state index >= 15 is 0 Å². The molecule has 2 rings (SSSR count). The monoisotopic (exact) mass is 284 g/mol. The Hall–Kier alpha value is -1.76. The third kappa shape index (κ3) is 3.17. The van der Waals surface area contributed by atoms with Gasteiger partial charge in [-0.15, -0.1) is 0 Å².